The summed E-state index contributed by atoms with van der Waals surface area (Å²) in [5.74, 6) is -0.163. The normalized spacial score (nSPS) is 14.6. The molecule has 1 aliphatic rings. The van der Waals surface area contributed by atoms with Crippen LogP contribution in [0.5, 0.6) is 0 Å². The number of rotatable bonds is 4. The average Bonchev–Trinajstić information content (AvgIpc) is 3.00. The van der Waals surface area contributed by atoms with Gasteiger partial charge in [0.15, 0.2) is 0 Å². The Morgan fingerprint density at radius 3 is 2.48 bits per heavy atom. The Morgan fingerprint density at radius 1 is 1.24 bits per heavy atom. The number of likely N-dealkylation sites (tertiary alicyclic amines) is 1. The van der Waals surface area contributed by atoms with E-state index in [1.807, 2.05) is 17.0 Å². The van der Waals surface area contributed by atoms with Crippen LogP contribution in [-0.2, 0) is 9.59 Å². The van der Waals surface area contributed by atoms with Crippen LogP contribution in [-0.4, -0.2) is 48.3 Å². The lowest BCUT2D eigenvalue weighted by Crippen LogP contribution is -2.39. The summed E-state index contributed by atoms with van der Waals surface area (Å²) in [6, 6.07) is 7.25. The highest BCUT2D eigenvalue weighted by atomic mass is 16.2. The maximum Gasteiger partial charge on any atom is 0.246 e. The van der Waals surface area contributed by atoms with Crippen molar-refractivity contribution in [1.29, 1.82) is 0 Å². The van der Waals surface area contributed by atoms with Crippen LogP contribution in [0.4, 0.5) is 5.69 Å². The van der Waals surface area contributed by atoms with Gasteiger partial charge in [0.2, 0.25) is 11.8 Å². The quantitative estimate of drug-likeness (QED) is 0.671. The summed E-state index contributed by atoms with van der Waals surface area (Å²) < 4.78 is 0. The molecule has 1 fully saturated rings. The second-order valence-electron chi connectivity index (χ2n) is 5.28. The van der Waals surface area contributed by atoms with Crippen LogP contribution >= 0.6 is 0 Å². The third kappa shape index (κ3) is 4.34. The van der Waals surface area contributed by atoms with E-state index in [4.69, 9.17) is 5.73 Å². The number of anilines is 1. The molecule has 21 heavy (non-hydrogen) atoms. The molecular formula is C16H21N3O2. The molecule has 0 bridgehead atoms. The van der Waals surface area contributed by atoms with Gasteiger partial charge in [0.25, 0.3) is 0 Å². The number of nitrogen functional groups attached to an aromatic ring is 1. The number of benzene rings is 1. The van der Waals surface area contributed by atoms with Gasteiger partial charge in [0, 0.05) is 31.9 Å². The van der Waals surface area contributed by atoms with E-state index in [9.17, 15) is 9.59 Å². The van der Waals surface area contributed by atoms with E-state index in [2.05, 4.69) is 0 Å². The minimum atomic E-state index is -0.181. The molecule has 0 unspecified atom stereocenters. The molecule has 2 amide bonds. The highest BCUT2D eigenvalue weighted by molar-refractivity contribution is 5.94. The molecule has 1 aliphatic heterocycles. The summed E-state index contributed by atoms with van der Waals surface area (Å²) in [7, 11) is 1.64. The van der Waals surface area contributed by atoms with E-state index in [-0.39, 0.29) is 18.4 Å². The number of carbonyl (C=O) groups is 2. The molecule has 1 aromatic rings. The molecule has 1 aromatic carbocycles. The van der Waals surface area contributed by atoms with Gasteiger partial charge in [-0.05, 0) is 36.6 Å². The zero-order chi connectivity index (χ0) is 15.2. The Kier molecular flexibility index (Phi) is 4.98. The van der Waals surface area contributed by atoms with Gasteiger partial charge < -0.3 is 15.5 Å². The molecule has 112 valence electrons. The highest BCUT2D eigenvalue weighted by Gasteiger charge is 2.20. The van der Waals surface area contributed by atoms with Gasteiger partial charge >= 0.3 is 0 Å². The monoisotopic (exact) mass is 287 g/mol. The van der Waals surface area contributed by atoms with Crippen LogP contribution in [0.25, 0.3) is 6.08 Å². The van der Waals surface area contributed by atoms with Crippen molar-refractivity contribution in [2.45, 2.75) is 12.8 Å². The number of hydrogen-bond donors (Lipinski definition) is 1. The summed E-state index contributed by atoms with van der Waals surface area (Å²) in [4.78, 5) is 27.2. The Bertz CT molecular complexity index is 531. The van der Waals surface area contributed by atoms with Gasteiger partial charge in [-0.2, -0.15) is 0 Å². The maximum absolute atomic E-state index is 12.0. The lowest BCUT2D eigenvalue weighted by molar-refractivity contribution is -0.136. The standard InChI is InChI=1S/C16H21N3O2/c1-18(12-16(21)19-10-2-3-11-19)15(20)9-6-13-4-7-14(17)8-5-13/h4-9H,2-3,10-12,17H2,1H3/b9-6+. The molecule has 0 radical (unpaired) electrons. The fourth-order valence-corrected chi connectivity index (χ4v) is 2.25. The first-order valence-corrected chi connectivity index (χ1v) is 7.13. The second-order valence-corrected chi connectivity index (χ2v) is 5.28. The summed E-state index contributed by atoms with van der Waals surface area (Å²) in [5, 5.41) is 0. The molecule has 1 heterocycles. The minimum Gasteiger partial charge on any atom is -0.399 e. The largest absolute Gasteiger partial charge is 0.399 e. The first-order chi connectivity index (χ1) is 10.1. The zero-order valence-electron chi connectivity index (χ0n) is 12.3. The Hall–Kier alpha value is -2.30. The predicted molar refractivity (Wildman–Crippen MR) is 83.3 cm³/mol. The summed E-state index contributed by atoms with van der Waals surface area (Å²) in [5.41, 5.74) is 7.19. The van der Waals surface area contributed by atoms with Crippen LogP contribution in [0.1, 0.15) is 18.4 Å². The van der Waals surface area contributed by atoms with Crippen LogP contribution in [0.2, 0.25) is 0 Å². The first-order valence-electron chi connectivity index (χ1n) is 7.13. The van der Waals surface area contributed by atoms with Crippen molar-refractivity contribution in [3.05, 3.63) is 35.9 Å². The van der Waals surface area contributed by atoms with Crippen molar-refractivity contribution >= 4 is 23.6 Å². The average molecular weight is 287 g/mol. The smallest absolute Gasteiger partial charge is 0.246 e. The number of nitrogens with zero attached hydrogens (tertiary/aromatic N) is 2. The van der Waals surface area contributed by atoms with Gasteiger partial charge in [0.1, 0.15) is 0 Å². The van der Waals surface area contributed by atoms with E-state index in [1.165, 1.54) is 11.0 Å². The molecular weight excluding hydrogens is 266 g/mol. The Balaban J connectivity index is 1.86. The fourth-order valence-electron chi connectivity index (χ4n) is 2.25. The third-order valence-corrected chi connectivity index (χ3v) is 3.56. The molecule has 1 saturated heterocycles. The van der Waals surface area contributed by atoms with Crippen LogP contribution in [0.15, 0.2) is 30.3 Å². The van der Waals surface area contributed by atoms with E-state index in [1.54, 1.807) is 25.3 Å². The topological polar surface area (TPSA) is 66.6 Å². The molecule has 0 saturated carbocycles. The van der Waals surface area contributed by atoms with Crippen LogP contribution < -0.4 is 5.73 Å². The molecule has 2 N–H and O–H groups in total. The number of carbonyl (C=O) groups excluding carboxylic acids is 2. The van der Waals surface area contributed by atoms with Crippen LogP contribution in [0.3, 0.4) is 0 Å². The zero-order valence-corrected chi connectivity index (χ0v) is 12.3. The van der Waals surface area contributed by atoms with Crippen molar-refractivity contribution in [3.63, 3.8) is 0 Å². The second kappa shape index (κ2) is 6.92. The first kappa shape index (κ1) is 15.1. The van der Waals surface area contributed by atoms with Gasteiger partial charge in [-0.1, -0.05) is 12.1 Å². The predicted octanol–water partition coefficient (Wildman–Crippen LogP) is 1.36. The van der Waals surface area contributed by atoms with Crippen molar-refractivity contribution in [1.82, 2.24) is 9.80 Å². The van der Waals surface area contributed by atoms with Gasteiger partial charge in [-0.25, -0.2) is 0 Å². The molecule has 0 aliphatic carbocycles. The maximum atomic E-state index is 12.0. The summed E-state index contributed by atoms with van der Waals surface area (Å²) in [6.07, 6.45) is 5.31. The lowest BCUT2D eigenvalue weighted by atomic mass is 10.2. The molecule has 5 nitrogen and oxygen atoms in total. The van der Waals surface area contributed by atoms with E-state index >= 15 is 0 Å². The number of hydrogen-bond acceptors (Lipinski definition) is 3. The molecule has 5 heteroatoms. The van der Waals surface area contributed by atoms with Gasteiger partial charge in [-0.15, -0.1) is 0 Å². The Morgan fingerprint density at radius 2 is 1.86 bits per heavy atom. The fraction of sp³-hybridized carbons (Fsp3) is 0.375. The SMILES string of the molecule is CN(CC(=O)N1CCCC1)C(=O)/C=C/c1ccc(N)cc1. The molecule has 2 rings (SSSR count). The van der Waals surface area contributed by atoms with Gasteiger partial charge in [0.05, 0.1) is 6.54 Å². The molecule has 0 atom stereocenters. The minimum absolute atomic E-state index is 0.0178. The summed E-state index contributed by atoms with van der Waals surface area (Å²) in [6.45, 7) is 1.75. The third-order valence-electron chi connectivity index (χ3n) is 3.56. The number of nitrogens with two attached hydrogens (primary N) is 1. The molecule has 0 aromatic heterocycles. The number of likely N-dealkylation sites (N-methyl/N-ethyl adjacent to an activating group) is 1. The summed E-state index contributed by atoms with van der Waals surface area (Å²) >= 11 is 0. The van der Waals surface area contributed by atoms with Crippen LogP contribution in [0, 0.1) is 0 Å². The van der Waals surface area contributed by atoms with Crippen molar-refractivity contribution < 1.29 is 9.59 Å². The molecule has 0 spiro atoms. The van der Waals surface area contributed by atoms with Crippen molar-refractivity contribution in [2.75, 3.05) is 32.4 Å². The van der Waals surface area contributed by atoms with E-state index < -0.39 is 0 Å². The van der Waals surface area contributed by atoms with E-state index in [0.717, 1.165) is 31.5 Å². The van der Waals surface area contributed by atoms with Gasteiger partial charge in [-0.3, -0.25) is 9.59 Å². The Labute approximate surface area is 125 Å². The lowest BCUT2D eigenvalue weighted by Gasteiger charge is -2.20. The van der Waals surface area contributed by atoms with Crippen molar-refractivity contribution in [3.8, 4) is 0 Å². The van der Waals surface area contributed by atoms with E-state index in [0.29, 0.717) is 5.69 Å². The number of amides is 2. The van der Waals surface area contributed by atoms with Crippen molar-refractivity contribution in [2.24, 2.45) is 0 Å². The highest BCUT2D eigenvalue weighted by Crippen LogP contribution is 2.09.